The van der Waals surface area contributed by atoms with Gasteiger partial charge >= 0.3 is 0 Å². The Labute approximate surface area is 132 Å². The topological polar surface area (TPSA) is 47.0 Å². The van der Waals surface area contributed by atoms with Crippen molar-refractivity contribution in [2.24, 2.45) is 0 Å². The third kappa shape index (κ3) is 3.25. The number of anilines is 1. The van der Waals surface area contributed by atoms with Crippen LogP contribution >= 0.6 is 0 Å². The van der Waals surface area contributed by atoms with Gasteiger partial charge in [0.05, 0.1) is 5.69 Å². The molecular weight excluding hydrogens is 278 g/mol. The van der Waals surface area contributed by atoms with Gasteiger partial charge in [-0.2, -0.15) is 0 Å². The monoisotopic (exact) mass is 303 g/mol. The standard InChI is InChI=1S/C17H25N3O2/c1-18-10-13-8-16(17(22)9-14(13)11-18)20(12-21)7-3-6-19(2)15-4-5-15/h8-9,12,15,22H,3-7,10-11H2,1-2H3. The summed E-state index contributed by atoms with van der Waals surface area (Å²) < 4.78 is 0. The number of carbonyl (C=O) groups excluding carboxylic acids is 1. The molecule has 2 aliphatic rings. The lowest BCUT2D eigenvalue weighted by Gasteiger charge is -2.22. The third-order valence-corrected chi connectivity index (χ3v) is 4.69. The minimum atomic E-state index is 0.205. The molecule has 1 N–H and O–H groups in total. The van der Waals surface area contributed by atoms with E-state index in [1.54, 1.807) is 11.0 Å². The second kappa shape index (κ2) is 6.26. The molecule has 0 saturated heterocycles. The molecule has 1 amide bonds. The summed E-state index contributed by atoms with van der Waals surface area (Å²) in [6.45, 7) is 3.36. The lowest BCUT2D eigenvalue weighted by Crippen LogP contribution is -2.28. The number of aromatic hydroxyl groups is 1. The molecule has 1 fully saturated rings. The Morgan fingerprint density at radius 1 is 1.27 bits per heavy atom. The van der Waals surface area contributed by atoms with E-state index < -0.39 is 0 Å². The molecule has 1 aromatic rings. The Morgan fingerprint density at radius 3 is 2.59 bits per heavy atom. The van der Waals surface area contributed by atoms with Gasteiger partial charge < -0.3 is 14.9 Å². The summed E-state index contributed by atoms with van der Waals surface area (Å²) in [5, 5.41) is 10.2. The Hall–Kier alpha value is -1.59. The predicted octanol–water partition coefficient (Wildman–Crippen LogP) is 1.78. The summed E-state index contributed by atoms with van der Waals surface area (Å²) >= 11 is 0. The molecule has 1 saturated carbocycles. The summed E-state index contributed by atoms with van der Waals surface area (Å²) in [6.07, 6.45) is 4.35. The Balaban J connectivity index is 1.65. The fourth-order valence-corrected chi connectivity index (χ4v) is 3.24. The number of amides is 1. The first-order valence-electron chi connectivity index (χ1n) is 8.04. The second-order valence-electron chi connectivity index (χ2n) is 6.65. The van der Waals surface area contributed by atoms with E-state index in [2.05, 4.69) is 23.9 Å². The van der Waals surface area contributed by atoms with Crippen LogP contribution in [-0.2, 0) is 17.9 Å². The van der Waals surface area contributed by atoms with E-state index in [1.165, 1.54) is 18.4 Å². The van der Waals surface area contributed by atoms with E-state index in [0.717, 1.165) is 44.1 Å². The van der Waals surface area contributed by atoms with Gasteiger partial charge in [0.2, 0.25) is 6.41 Å². The molecule has 22 heavy (non-hydrogen) atoms. The van der Waals surface area contributed by atoms with Crippen molar-refractivity contribution in [2.45, 2.75) is 38.4 Å². The first-order chi connectivity index (χ1) is 10.6. The molecule has 0 unspecified atom stereocenters. The van der Waals surface area contributed by atoms with Crippen LogP contribution in [0, 0.1) is 0 Å². The van der Waals surface area contributed by atoms with Crippen molar-refractivity contribution < 1.29 is 9.90 Å². The highest BCUT2D eigenvalue weighted by Crippen LogP contribution is 2.34. The largest absolute Gasteiger partial charge is 0.506 e. The zero-order valence-electron chi connectivity index (χ0n) is 13.5. The van der Waals surface area contributed by atoms with E-state index in [1.807, 2.05) is 6.07 Å². The number of carbonyl (C=O) groups is 1. The molecule has 5 heteroatoms. The number of nitrogens with zero attached hydrogens (tertiary/aromatic N) is 3. The van der Waals surface area contributed by atoms with Crippen molar-refractivity contribution in [3.8, 4) is 5.75 Å². The molecule has 0 bridgehead atoms. The summed E-state index contributed by atoms with van der Waals surface area (Å²) in [5.41, 5.74) is 3.00. The molecule has 0 spiro atoms. The molecule has 1 aliphatic carbocycles. The van der Waals surface area contributed by atoms with Gasteiger partial charge in [-0.25, -0.2) is 0 Å². The Morgan fingerprint density at radius 2 is 1.95 bits per heavy atom. The molecule has 1 heterocycles. The molecule has 5 nitrogen and oxygen atoms in total. The fourth-order valence-electron chi connectivity index (χ4n) is 3.24. The van der Waals surface area contributed by atoms with E-state index >= 15 is 0 Å². The van der Waals surface area contributed by atoms with Crippen LogP contribution in [0.25, 0.3) is 0 Å². The molecule has 0 aromatic heterocycles. The highest BCUT2D eigenvalue weighted by Gasteiger charge is 2.26. The maximum Gasteiger partial charge on any atom is 0.214 e. The number of hydrogen-bond donors (Lipinski definition) is 1. The number of phenolic OH excluding ortho intramolecular Hbond substituents is 1. The van der Waals surface area contributed by atoms with Gasteiger partial charge in [-0.05, 0) is 63.2 Å². The number of hydrogen-bond acceptors (Lipinski definition) is 4. The highest BCUT2D eigenvalue weighted by molar-refractivity contribution is 5.79. The van der Waals surface area contributed by atoms with Gasteiger partial charge in [-0.15, -0.1) is 0 Å². The van der Waals surface area contributed by atoms with Crippen LogP contribution in [0.15, 0.2) is 12.1 Å². The molecular formula is C17H25N3O2. The Bertz CT molecular complexity index is 557. The number of fused-ring (bicyclic) bond motifs is 1. The molecule has 3 rings (SSSR count). The van der Waals surface area contributed by atoms with Crippen molar-refractivity contribution >= 4 is 12.1 Å². The first kappa shape index (κ1) is 15.3. The molecule has 120 valence electrons. The van der Waals surface area contributed by atoms with Gasteiger partial charge in [0.25, 0.3) is 0 Å². The van der Waals surface area contributed by atoms with E-state index in [-0.39, 0.29) is 5.75 Å². The fraction of sp³-hybridized carbons (Fsp3) is 0.588. The minimum Gasteiger partial charge on any atom is -0.506 e. The summed E-state index contributed by atoms with van der Waals surface area (Å²) in [5.74, 6) is 0.205. The maximum atomic E-state index is 11.4. The van der Waals surface area contributed by atoms with Crippen LogP contribution in [-0.4, -0.2) is 54.5 Å². The van der Waals surface area contributed by atoms with Gasteiger partial charge in [0, 0.05) is 25.7 Å². The van der Waals surface area contributed by atoms with Crippen molar-refractivity contribution in [2.75, 3.05) is 32.1 Å². The maximum absolute atomic E-state index is 11.4. The molecule has 0 atom stereocenters. The lowest BCUT2D eigenvalue weighted by molar-refractivity contribution is -0.107. The molecule has 1 aromatic carbocycles. The Kier molecular flexibility index (Phi) is 4.36. The molecule has 1 aliphatic heterocycles. The minimum absolute atomic E-state index is 0.205. The SMILES string of the molecule is CN1Cc2cc(O)c(N(C=O)CCCN(C)C3CC3)cc2C1. The van der Waals surface area contributed by atoms with Gasteiger partial charge in [-0.3, -0.25) is 9.69 Å². The summed E-state index contributed by atoms with van der Waals surface area (Å²) in [7, 11) is 4.20. The van der Waals surface area contributed by atoms with Crippen LogP contribution < -0.4 is 4.90 Å². The van der Waals surface area contributed by atoms with Crippen LogP contribution in [0.3, 0.4) is 0 Å². The van der Waals surface area contributed by atoms with Crippen molar-refractivity contribution in [1.29, 1.82) is 0 Å². The van der Waals surface area contributed by atoms with Crippen LogP contribution in [0.1, 0.15) is 30.4 Å². The highest BCUT2D eigenvalue weighted by atomic mass is 16.3. The number of rotatable bonds is 7. The lowest BCUT2D eigenvalue weighted by atomic mass is 10.1. The van der Waals surface area contributed by atoms with Crippen LogP contribution in [0.4, 0.5) is 5.69 Å². The quantitative estimate of drug-likeness (QED) is 0.780. The first-order valence-corrected chi connectivity index (χ1v) is 8.04. The van der Waals surface area contributed by atoms with Crippen molar-refractivity contribution in [3.05, 3.63) is 23.3 Å². The van der Waals surface area contributed by atoms with Crippen molar-refractivity contribution in [3.63, 3.8) is 0 Å². The van der Waals surface area contributed by atoms with Gasteiger partial charge in [0.15, 0.2) is 0 Å². The molecule has 0 radical (unpaired) electrons. The normalized spacial score (nSPS) is 17.8. The van der Waals surface area contributed by atoms with Crippen LogP contribution in [0.5, 0.6) is 5.75 Å². The second-order valence-corrected chi connectivity index (χ2v) is 6.65. The average molecular weight is 303 g/mol. The van der Waals surface area contributed by atoms with E-state index in [9.17, 15) is 9.90 Å². The summed E-state index contributed by atoms with van der Waals surface area (Å²) in [4.78, 5) is 17.6. The predicted molar refractivity (Wildman–Crippen MR) is 87.0 cm³/mol. The van der Waals surface area contributed by atoms with Gasteiger partial charge in [-0.1, -0.05) is 0 Å². The van der Waals surface area contributed by atoms with E-state index in [4.69, 9.17) is 0 Å². The third-order valence-electron chi connectivity index (χ3n) is 4.69. The van der Waals surface area contributed by atoms with Gasteiger partial charge in [0.1, 0.15) is 5.75 Å². The number of phenols is 1. The summed E-state index contributed by atoms with van der Waals surface area (Å²) in [6, 6.07) is 4.52. The average Bonchev–Trinajstić information content (AvgIpc) is 3.26. The number of benzene rings is 1. The smallest absolute Gasteiger partial charge is 0.214 e. The van der Waals surface area contributed by atoms with Crippen molar-refractivity contribution in [1.82, 2.24) is 9.80 Å². The van der Waals surface area contributed by atoms with Crippen LogP contribution in [0.2, 0.25) is 0 Å². The zero-order valence-corrected chi connectivity index (χ0v) is 13.5. The van der Waals surface area contributed by atoms with E-state index in [0.29, 0.717) is 12.2 Å². The zero-order chi connectivity index (χ0) is 15.7.